The highest BCUT2D eigenvalue weighted by atomic mass is 16.3. The molecule has 0 spiro atoms. The van der Waals surface area contributed by atoms with Crippen molar-refractivity contribution in [3.05, 3.63) is 9.81 Å². The molecule has 1 N–H and O–H groups in total. The number of aliphatic hydroxyl groups is 1. The van der Waals surface area contributed by atoms with Crippen LogP contribution in [0.1, 0.15) is 19.3 Å². The summed E-state index contributed by atoms with van der Waals surface area (Å²) in [5, 5.41) is 14.7. The maximum absolute atomic E-state index is 10.1. The summed E-state index contributed by atoms with van der Waals surface area (Å²) in [4.78, 5) is 20.1. The maximum Gasteiger partial charge on any atom is 0.0965 e. The lowest BCUT2D eigenvalue weighted by molar-refractivity contribution is 0.111. The molecule has 0 aromatic carbocycles. The van der Waals surface area contributed by atoms with Crippen LogP contribution in [0.3, 0.4) is 0 Å². The van der Waals surface area contributed by atoms with Crippen molar-refractivity contribution in [3.8, 4) is 0 Å². The van der Waals surface area contributed by atoms with Crippen LogP contribution >= 0.6 is 0 Å². The molecule has 0 heterocycles. The van der Waals surface area contributed by atoms with Crippen LogP contribution in [0.2, 0.25) is 0 Å². The fraction of sp³-hybridized carbons (Fsp3) is 1.00. The van der Waals surface area contributed by atoms with E-state index in [1.54, 1.807) is 0 Å². The van der Waals surface area contributed by atoms with Gasteiger partial charge >= 0.3 is 0 Å². The highest BCUT2D eigenvalue weighted by Gasteiger charge is 2.28. The lowest BCUT2D eigenvalue weighted by Crippen LogP contribution is -2.30. The summed E-state index contributed by atoms with van der Waals surface area (Å²) in [6, 6.07) is -0.858. The van der Waals surface area contributed by atoms with Gasteiger partial charge in [0.25, 0.3) is 0 Å². The van der Waals surface area contributed by atoms with Gasteiger partial charge in [0, 0.05) is 0 Å². The molecule has 5 nitrogen and oxygen atoms in total. The van der Waals surface area contributed by atoms with Crippen LogP contribution in [-0.2, 0) is 0 Å². The summed E-state index contributed by atoms with van der Waals surface area (Å²) >= 11 is 0. The second-order valence-electron chi connectivity index (χ2n) is 2.88. The van der Waals surface area contributed by atoms with Gasteiger partial charge < -0.3 is 5.11 Å². The van der Waals surface area contributed by atoms with E-state index in [0.29, 0.717) is 19.3 Å². The Balaban J connectivity index is 2.49. The van der Waals surface area contributed by atoms with E-state index < -0.39 is 18.2 Å². The van der Waals surface area contributed by atoms with E-state index in [1.807, 2.05) is 0 Å². The van der Waals surface area contributed by atoms with E-state index >= 15 is 0 Å². The molecule has 62 valence electrons. The topological polar surface area (TPSA) is 79.1 Å². The molecule has 5 heteroatoms. The van der Waals surface area contributed by atoms with Crippen LogP contribution < -0.4 is 0 Å². The number of nitroso groups, excluding NO2 is 2. The Bertz CT molecular complexity index is 146. The molecule has 0 aromatic heterocycles. The van der Waals surface area contributed by atoms with Gasteiger partial charge in [0.15, 0.2) is 0 Å². The van der Waals surface area contributed by atoms with E-state index in [2.05, 4.69) is 10.4 Å². The average Bonchev–Trinajstić information content (AvgIpc) is 2.03. The second-order valence-corrected chi connectivity index (χ2v) is 2.88. The minimum atomic E-state index is -0.589. The Morgan fingerprint density at radius 1 is 1.00 bits per heavy atom. The van der Waals surface area contributed by atoms with E-state index in [1.165, 1.54) is 0 Å². The molecule has 0 amide bonds. The first kappa shape index (κ1) is 8.26. The van der Waals surface area contributed by atoms with Crippen molar-refractivity contribution in [2.45, 2.75) is 37.5 Å². The summed E-state index contributed by atoms with van der Waals surface area (Å²) in [6.45, 7) is 0. The van der Waals surface area contributed by atoms with E-state index in [9.17, 15) is 9.81 Å². The maximum atomic E-state index is 10.1. The highest BCUT2D eigenvalue weighted by molar-refractivity contribution is 4.85. The van der Waals surface area contributed by atoms with Crippen LogP contribution in [0.5, 0.6) is 0 Å². The first-order valence-corrected chi connectivity index (χ1v) is 3.59. The highest BCUT2D eigenvalue weighted by Crippen LogP contribution is 2.23. The zero-order valence-corrected chi connectivity index (χ0v) is 6.01. The van der Waals surface area contributed by atoms with E-state index in [-0.39, 0.29) is 0 Å². The summed E-state index contributed by atoms with van der Waals surface area (Å²) < 4.78 is 0. The Kier molecular flexibility index (Phi) is 2.64. The number of hydrogen-bond acceptors (Lipinski definition) is 5. The normalized spacial score (nSPS) is 38.1. The molecule has 1 rings (SSSR count). The van der Waals surface area contributed by atoms with Crippen LogP contribution in [-0.4, -0.2) is 23.3 Å². The van der Waals surface area contributed by atoms with Crippen LogP contribution in [0.15, 0.2) is 10.4 Å². The predicted molar refractivity (Wildman–Crippen MR) is 39.0 cm³/mol. The molecule has 1 aliphatic rings. The van der Waals surface area contributed by atoms with Gasteiger partial charge in [-0.15, -0.1) is 0 Å². The third kappa shape index (κ3) is 2.04. The number of rotatable bonds is 2. The van der Waals surface area contributed by atoms with Crippen molar-refractivity contribution >= 4 is 0 Å². The first-order valence-electron chi connectivity index (χ1n) is 3.59. The number of hydrogen-bond donors (Lipinski definition) is 1. The largest absolute Gasteiger partial charge is 0.393 e. The third-order valence-corrected chi connectivity index (χ3v) is 1.93. The monoisotopic (exact) mass is 158 g/mol. The predicted octanol–water partition coefficient (Wildman–Crippen LogP) is 0.801. The van der Waals surface area contributed by atoms with Gasteiger partial charge in [-0.25, -0.2) is 0 Å². The molecule has 1 fully saturated rings. The Hall–Kier alpha value is -0.840. The SMILES string of the molecule is O=N[C@@H]1CC(O)C[C@H](N=O)C1. The van der Waals surface area contributed by atoms with Crippen molar-refractivity contribution in [2.24, 2.45) is 10.4 Å². The quantitative estimate of drug-likeness (QED) is 0.603. The van der Waals surface area contributed by atoms with Gasteiger partial charge in [0.2, 0.25) is 0 Å². The van der Waals surface area contributed by atoms with Crippen molar-refractivity contribution in [1.82, 2.24) is 0 Å². The molecule has 0 radical (unpaired) electrons. The summed E-state index contributed by atoms with van der Waals surface area (Å²) in [5.41, 5.74) is 0. The van der Waals surface area contributed by atoms with Gasteiger partial charge in [-0.05, 0) is 19.3 Å². The Labute approximate surface area is 63.7 Å². The summed E-state index contributed by atoms with van der Waals surface area (Å²) in [7, 11) is 0. The average molecular weight is 158 g/mol. The Morgan fingerprint density at radius 2 is 1.45 bits per heavy atom. The fourth-order valence-corrected chi connectivity index (χ4v) is 1.40. The fourth-order valence-electron chi connectivity index (χ4n) is 1.40. The zero-order chi connectivity index (χ0) is 8.27. The van der Waals surface area contributed by atoms with Gasteiger partial charge in [-0.3, -0.25) is 0 Å². The van der Waals surface area contributed by atoms with E-state index in [0.717, 1.165) is 0 Å². The van der Waals surface area contributed by atoms with Crippen molar-refractivity contribution in [2.75, 3.05) is 0 Å². The van der Waals surface area contributed by atoms with Gasteiger partial charge in [0.1, 0.15) is 0 Å². The minimum absolute atomic E-state index is 0.371. The second kappa shape index (κ2) is 3.52. The van der Waals surface area contributed by atoms with Gasteiger partial charge in [-0.2, -0.15) is 9.81 Å². The molecule has 3 atom stereocenters. The van der Waals surface area contributed by atoms with Crippen molar-refractivity contribution in [3.63, 3.8) is 0 Å². The Morgan fingerprint density at radius 3 is 1.82 bits per heavy atom. The molecule has 0 bridgehead atoms. The lowest BCUT2D eigenvalue weighted by atomic mass is 9.90. The molecule has 1 saturated carbocycles. The van der Waals surface area contributed by atoms with Crippen LogP contribution in [0, 0.1) is 9.81 Å². The molecule has 1 aliphatic carbocycles. The van der Waals surface area contributed by atoms with Gasteiger partial charge in [0.05, 0.1) is 18.2 Å². The van der Waals surface area contributed by atoms with E-state index in [4.69, 9.17) is 5.11 Å². The zero-order valence-electron chi connectivity index (χ0n) is 6.01. The third-order valence-electron chi connectivity index (χ3n) is 1.93. The molecule has 0 aromatic rings. The summed E-state index contributed by atoms with van der Waals surface area (Å²) in [6.07, 6.45) is 0.545. The number of aliphatic hydroxyl groups excluding tert-OH is 1. The standard InChI is InChI=1S/C6H10N2O3/c9-6-2-4(7-10)1-5(3-6)8-11/h4-6,9H,1-3H2/t4-,5+,6?. The summed E-state index contributed by atoms with van der Waals surface area (Å²) in [5.74, 6) is 0. The molecule has 0 saturated heterocycles. The molecule has 11 heavy (non-hydrogen) atoms. The van der Waals surface area contributed by atoms with Crippen LogP contribution in [0.25, 0.3) is 0 Å². The minimum Gasteiger partial charge on any atom is -0.393 e. The van der Waals surface area contributed by atoms with Crippen molar-refractivity contribution in [1.29, 1.82) is 0 Å². The molecule has 0 aliphatic heterocycles. The molecule has 1 unspecified atom stereocenters. The smallest absolute Gasteiger partial charge is 0.0965 e. The number of nitrogens with zero attached hydrogens (tertiary/aromatic N) is 2. The lowest BCUT2D eigenvalue weighted by Gasteiger charge is -2.23. The van der Waals surface area contributed by atoms with Gasteiger partial charge in [-0.1, -0.05) is 10.4 Å². The van der Waals surface area contributed by atoms with Crippen molar-refractivity contribution < 1.29 is 5.11 Å². The first-order chi connectivity index (χ1) is 5.26. The molecular weight excluding hydrogens is 148 g/mol. The molecular formula is C6H10N2O3. The van der Waals surface area contributed by atoms with Crippen LogP contribution in [0.4, 0.5) is 0 Å².